The predicted molar refractivity (Wildman–Crippen MR) is 103 cm³/mol. The number of carboxylic acid groups (broad SMARTS) is 1. The average molecular weight is 359 g/mol. The minimum atomic E-state index is -1.06. The van der Waals surface area contributed by atoms with Crippen LogP contribution in [0.4, 0.5) is 0 Å². The van der Waals surface area contributed by atoms with Gasteiger partial charge in [-0.25, -0.2) is 0 Å². The van der Waals surface area contributed by atoms with E-state index in [1.54, 1.807) is 0 Å². The Hall–Kier alpha value is -3.67. The highest BCUT2D eigenvalue weighted by Crippen LogP contribution is 2.27. The van der Waals surface area contributed by atoms with Gasteiger partial charge in [0.1, 0.15) is 13.1 Å². The van der Waals surface area contributed by atoms with Crippen LogP contribution >= 0.6 is 0 Å². The maximum atomic E-state index is 12.0. The van der Waals surface area contributed by atoms with Crippen LogP contribution < -0.4 is 5.32 Å². The average Bonchev–Trinajstić information content (AvgIpc) is 3.08. The van der Waals surface area contributed by atoms with Crippen molar-refractivity contribution in [2.24, 2.45) is 0 Å². The van der Waals surface area contributed by atoms with E-state index in [2.05, 4.69) is 16.4 Å². The monoisotopic (exact) mass is 359 g/mol. The topological polar surface area (TPSA) is 84.2 Å². The van der Waals surface area contributed by atoms with Crippen molar-refractivity contribution in [1.29, 1.82) is 0 Å². The Morgan fingerprint density at radius 1 is 1.00 bits per heavy atom. The van der Waals surface area contributed by atoms with Crippen molar-refractivity contribution in [2.75, 3.05) is 6.54 Å². The summed E-state index contributed by atoms with van der Waals surface area (Å²) in [5.74, 6) is -1.40. The molecule has 1 amide bonds. The highest BCUT2D eigenvalue weighted by Gasteiger charge is 2.09. The number of fused-ring (bicyclic) bond motifs is 2. The van der Waals surface area contributed by atoms with Crippen LogP contribution in [0, 0.1) is 0 Å². The second kappa shape index (κ2) is 6.92. The van der Waals surface area contributed by atoms with Crippen molar-refractivity contribution in [1.82, 2.24) is 14.9 Å². The van der Waals surface area contributed by atoms with Crippen LogP contribution in [0.3, 0.4) is 0 Å². The van der Waals surface area contributed by atoms with E-state index in [1.165, 1.54) is 0 Å². The van der Waals surface area contributed by atoms with Gasteiger partial charge >= 0.3 is 5.97 Å². The quantitative estimate of drug-likeness (QED) is 0.574. The van der Waals surface area contributed by atoms with Crippen molar-refractivity contribution >= 4 is 33.7 Å². The molecule has 2 N–H and O–H groups in total. The van der Waals surface area contributed by atoms with E-state index >= 15 is 0 Å². The second-order valence-electron chi connectivity index (χ2n) is 6.30. The van der Waals surface area contributed by atoms with Gasteiger partial charge in [0.2, 0.25) is 5.91 Å². The molecule has 0 bridgehead atoms. The summed E-state index contributed by atoms with van der Waals surface area (Å²) in [7, 11) is 0. The van der Waals surface area contributed by atoms with E-state index in [4.69, 9.17) is 5.11 Å². The Labute approximate surface area is 155 Å². The fraction of sp³-hybridized carbons (Fsp3) is 0.0952. The van der Waals surface area contributed by atoms with E-state index in [0.29, 0.717) is 0 Å². The van der Waals surface area contributed by atoms with Gasteiger partial charge in [-0.2, -0.15) is 0 Å². The van der Waals surface area contributed by atoms with Crippen molar-refractivity contribution in [2.45, 2.75) is 6.54 Å². The molecule has 0 unspecified atom stereocenters. The van der Waals surface area contributed by atoms with Gasteiger partial charge < -0.3 is 15.0 Å². The zero-order valence-electron chi connectivity index (χ0n) is 14.4. The summed E-state index contributed by atoms with van der Waals surface area (Å²) in [4.78, 5) is 27.1. The third-order valence-corrected chi connectivity index (χ3v) is 4.45. The van der Waals surface area contributed by atoms with Gasteiger partial charge in [0, 0.05) is 28.9 Å². The number of carboxylic acids is 1. The summed E-state index contributed by atoms with van der Waals surface area (Å²) >= 11 is 0. The van der Waals surface area contributed by atoms with Crippen molar-refractivity contribution in [3.63, 3.8) is 0 Å². The lowest BCUT2D eigenvalue weighted by Gasteiger charge is -2.08. The Morgan fingerprint density at radius 2 is 1.85 bits per heavy atom. The highest BCUT2D eigenvalue weighted by molar-refractivity contribution is 5.89. The first kappa shape index (κ1) is 16.8. The number of aromatic nitrogens is 2. The lowest BCUT2D eigenvalue weighted by atomic mass is 10.0. The van der Waals surface area contributed by atoms with Crippen LogP contribution in [0.25, 0.3) is 32.9 Å². The number of nitrogens with zero attached hydrogens (tertiary/aromatic N) is 2. The van der Waals surface area contributed by atoms with Gasteiger partial charge in [-0.3, -0.25) is 14.6 Å². The minimum absolute atomic E-state index is 0.0657. The molecular weight excluding hydrogens is 342 g/mol. The summed E-state index contributed by atoms with van der Waals surface area (Å²) in [6.07, 6.45) is 3.67. The van der Waals surface area contributed by atoms with Gasteiger partial charge in [-0.05, 0) is 35.2 Å². The number of para-hydroxylation sites is 1. The number of hydrogen-bond acceptors (Lipinski definition) is 3. The van der Waals surface area contributed by atoms with Crippen LogP contribution in [0.15, 0.2) is 67.0 Å². The van der Waals surface area contributed by atoms with Crippen molar-refractivity contribution in [3.05, 3.63) is 67.0 Å². The van der Waals surface area contributed by atoms with Gasteiger partial charge in [-0.1, -0.05) is 30.3 Å². The normalized spacial score (nSPS) is 11.0. The standard InChI is InChI=1S/C21H17N3O3/c25-20(23-12-21(26)27)13-24-8-7-14-5-6-15(10-19(14)24)17-9-16-3-1-2-4-18(16)22-11-17/h1-11H,12-13H2,(H,23,25)(H,26,27). The van der Waals surface area contributed by atoms with Crippen LogP contribution in [0.5, 0.6) is 0 Å². The molecule has 0 aliphatic carbocycles. The molecular formula is C21H17N3O3. The predicted octanol–water partition coefficient (Wildman–Crippen LogP) is 3.06. The number of hydrogen-bond donors (Lipinski definition) is 2. The molecule has 0 fully saturated rings. The molecule has 0 saturated heterocycles. The largest absolute Gasteiger partial charge is 0.480 e. The zero-order chi connectivity index (χ0) is 18.8. The first-order valence-corrected chi connectivity index (χ1v) is 8.53. The molecule has 0 saturated carbocycles. The molecule has 4 aromatic rings. The maximum absolute atomic E-state index is 12.0. The molecule has 6 heteroatoms. The van der Waals surface area contributed by atoms with Gasteiger partial charge in [-0.15, -0.1) is 0 Å². The van der Waals surface area contributed by atoms with Crippen LogP contribution in [-0.4, -0.2) is 33.1 Å². The van der Waals surface area contributed by atoms with Crippen LogP contribution in [0.1, 0.15) is 0 Å². The molecule has 0 aliphatic rings. The number of pyridine rings is 1. The van der Waals surface area contributed by atoms with Crippen molar-refractivity contribution < 1.29 is 14.7 Å². The number of carbonyl (C=O) groups is 2. The van der Waals surface area contributed by atoms with Crippen LogP contribution in [0.2, 0.25) is 0 Å². The Morgan fingerprint density at radius 3 is 2.70 bits per heavy atom. The summed E-state index contributed by atoms with van der Waals surface area (Å²) in [5.41, 5.74) is 3.86. The lowest BCUT2D eigenvalue weighted by Crippen LogP contribution is -2.31. The van der Waals surface area contributed by atoms with E-state index in [-0.39, 0.29) is 19.0 Å². The number of aliphatic carboxylic acids is 1. The third kappa shape index (κ3) is 3.50. The number of carbonyl (C=O) groups excluding carboxylic acids is 1. The molecule has 27 heavy (non-hydrogen) atoms. The maximum Gasteiger partial charge on any atom is 0.322 e. The molecule has 0 aliphatic heterocycles. The van der Waals surface area contributed by atoms with E-state index in [0.717, 1.165) is 32.9 Å². The van der Waals surface area contributed by atoms with Crippen molar-refractivity contribution in [3.8, 4) is 11.1 Å². The highest BCUT2D eigenvalue weighted by atomic mass is 16.4. The van der Waals surface area contributed by atoms with Gasteiger partial charge in [0.05, 0.1) is 5.52 Å². The fourth-order valence-corrected chi connectivity index (χ4v) is 3.12. The summed E-state index contributed by atoms with van der Waals surface area (Å²) < 4.78 is 1.81. The molecule has 0 radical (unpaired) electrons. The number of benzene rings is 2. The molecule has 2 aromatic heterocycles. The Balaban J connectivity index is 1.66. The van der Waals surface area contributed by atoms with Gasteiger partial charge in [0.25, 0.3) is 0 Å². The second-order valence-corrected chi connectivity index (χ2v) is 6.30. The zero-order valence-corrected chi connectivity index (χ0v) is 14.4. The van der Waals surface area contributed by atoms with E-state index < -0.39 is 5.97 Å². The first-order valence-electron chi connectivity index (χ1n) is 8.53. The van der Waals surface area contributed by atoms with E-state index in [9.17, 15) is 9.59 Å². The van der Waals surface area contributed by atoms with Gasteiger partial charge in [0.15, 0.2) is 0 Å². The SMILES string of the molecule is O=C(O)CNC(=O)Cn1ccc2ccc(-c3cnc4ccccc4c3)cc21. The summed E-state index contributed by atoms with van der Waals surface area (Å²) in [6, 6.07) is 18.0. The summed E-state index contributed by atoms with van der Waals surface area (Å²) in [5, 5.41) is 13.1. The molecule has 6 nitrogen and oxygen atoms in total. The third-order valence-electron chi connectivity index (χ3n) is 4.45. The molecule has 4 rings (SSSR count). The first-order chi connectivity index (χ1) is 13.1. The molecule has 0 spiro atoms. The smallest absolute Gasteiger partial charge is 0.322 e. The molecule has 0 atom stereocenters. The number of rotatable bonds is 5. The number of nitrogens with one attached hydrogen (secondary N) is 1. The number of amides is 1. The molecule has 2 heterocycles. The molecule has 2 aromatic carbocycles. The fourth-order valence-electron chi connectivity index (χ4n) is 3.12. The lowest BCUT2D eigenvalue weighted by molar-refractivity contribution is -0.138. The van der Waals surface area contributed by atoms with Crippen LogP contribution in [-0.2, 0) is 16.1 Å². The Kier molecular flexibility index (Phi) is 4.30. The summed E-state index contributed by atoms with van der Waals surface area (Å²) in [6.45, 7) is -0.317. The minimum Gasteiger partial charge on any atom is -0.480 e. The molecule has 134 valence electrons. The Bertz CT molecular complexity index is 1160. The van der Waals surface area contributed by atoms with E-state index in [1.807, 2.05) is 65.5 Å².